The average molecular weight is 514 g/mol. The maximum Gasteiger partial charge on any atom is 0.413 e. The molecule has 2 N–H and O–H groups in total. The zero-order valence-electron chi connectivity index (χ0n) is 21.6. The number of rotatable bonds is 10. The Kier molecular flexibility index (Phi) is 8.43. The lowest BCUT2D eigenvalue weighted by Gasteiger charge is -2.13. The van der Waals surface area contributed by atoms with Crippen molar-refractivity contribution in [2.75, 3.05) is 5.32 Å². The van der Waals surface area contributed by atoms with E-state index in [1.807, 2.05) is 98.3 Å². The fraction of sp³-hybridized carbons (Fsp3) is 0.233. The second-order valence-electron chi connectivity index (χ2n) is 9.00. The maximum atomic E-state index is 12.4. The van der Waals surface area contributed by atoms with Crippen molar-refractivity contribution in [3.05, 3.63) is 102 Å². The first-order valence-electron chi connectivity index (χ1n) is 12.4. The topological polar surface area (TPSA) is 103 Å². The predicted molar refractivity (Wildman–Crippen MR) is 145 cm³/mol. The van der Waals surface area contributed by atoms with Crippen LogP contribution in [0.25, 0.3) is 11.4 Å². The lowest BCUT2D eigenvalue weighted by Crippen LogP contribution is -2.16. The van der Waals surface area contributed by atoms with Crippen molar-refractivity contribution in [2.45, 2.75) is 38.9 Å². The number of aryl methyl sites for hydroxylation is 1. The number of imidazole rings is 1. The number of carbonyl (C=O) groups is 2. The number of aliphatic carboxylic acids is 1. The van der Waals surface area contributed by atoms with Gasteiger partial charge in [-0.05, 0) is 42.2 Å². The number of ether oxygens (including phenoxy) is 2. The van der Waals surface area contributed by atoms with Gasteiger partial charge in [0.1, 0.15) is 24.3 Å². The summed E-state index contributed by atoms with van der Waals surface area (Å²) >= 11 is 0. The summed E-state index contributed by atoms with van der Waals surface area (Å²) in [5.41, 5.74) is 3.47. The van der Waals surface area contributed by atoms with Gasteiger partial charge in [-0.3, -0.25) is 10.1 Å². The molecule has 3 aromatic carbocycles. The van der Waals surface area contributed by atoms with Crippen molar-refractivity contribution in [1.29, 1.82) is 0 Å². The van der Waals surface area contributed by atoms with E-state index >= 15 is 0 Å². The molecule has 0 aliphatic carbocycles. The minimum absolute atomic E-state index is 0.340. The Morgan fingerprint density at radius 3 is 2.39 bits per heavy atom. The molecule has 1 aromatic heterocycles. The third-order valence-corrected chi connectivity index (χ3v) is 6.24. The number of carboxylic acid groups (broad SMARTS) is 1. The van der Waals surface area contributed by atoms with E-state index in [1.54, 1.807) is 12.3 Å². The number of nitrogens with one attached hydrogen (secondary N) is 1. The highest BCUT2D eigenvalue weighted by Gasteiger charge is 2.18. The van der Waals surface area contributed by atoms with Crippen molar-refractivity contribution in [1.82, 2.24) is 9.55 Å². The van der Waals surface area contributed by atoms with Crippen LogP contribution in [0.1, 0.15) is 49.0 Å². The maximum absolute atomic E-state index is 12.4. The second kappa shape index (κ2) is 12.1. The van der Waals surface area contributed by atoms with Crippen LogP contribution < -0.4 is 10.1 Å². The molecule has 1 amide bonds. The summed E-state index contributed by atoms with van der Waals surface area (Å²) in [5.74, 6) is 0.317. The number of aromatic nitrogens is 2. The minimum Gasteiger partial charge on any atom is -0.489 e. The zero-order chi connectivity index (χ0) is 27.1. The molecule has 0 fully saturated rings. The summed E-state index contributed by atoms with van der Waals surface area (Å²) < 4.78 is 13.2. The molecule has 0 radical (unpaired) electrons. The highest BCUT2D eigenvalue weighted by molar-refractivity contribution is 5.84. The van der Waals surface area contributed by atoms with Gasteiger partial charge in [0.2, 0.25) is 0 Å². The van der Waals surface area contributed by atoms with Gasteiger partial charge in [0.05, 0.1) is 5.92 Å². The third kappa shape index (κ3) is 6.59. The summed E-state index contributed by atoms with van der Waals surface area (Å²) in [6.07, 6.45) is 1.28. The Balaban J connectivity index is 1.36. The molecule has 0 aliphatic rings. The van der Waals surface area contributed by atoms with Crippen molar-refractivity contribution in [2.24, 2.45) is 7.05 Å². The van der Waals surface area contributed by atoms with Gasteiger partial charge in [0, 0.05) is 18.8 Å². The molecule has 196 valence electrons. The molecular formula is C30H31N3O5. The van der Waals surface area contributed by atoms with Crippen LogP contribution in [-0.2, 0) is 23.2 Å². The van der Waals surface area contributed by atoms with Gasteiger partial charge in [0.25, 0.3) is 0 Å². The van der Waals surface area contributed by atoms with Gasteiger partial charge in [-0.15, -0.1) is 0 Å². The fourth-order valence-electron chi connectivity index (χ4n) is 4.17. The van der Waals surface area contributed by atoms with E-state index in [1.165, 1.54) is 0 Å². The van der Waals surface area contributed by atoms with E-state index in [0.29, 0.717) is 30.4 Å². The third-order valence-electron chi connectivity index (χ3n) is 6.24. The van der Waals surface area contributed by atoms with E-state index in [9.17, 15) is 14.7 Å². The van der Waals surface area contributed by atoms with Crippen LogP contribution >= 0.6 is 0 Å². The van der Waals surface area contributed by atoms with Gasteiger partial charge in [-0.25, -0.2) is 9.78 Å². The molecule has 0 bridgehead atoms. The molecule has 0 saturated carbocycles. The SMILES string of the molecule is CCC(C(=O)O)c1cccc(OCc2ccc(-c3nc(NC(=O)OC(C)c4ccccc4)cn3C)cc2)c1. The number of carboxylic acids is 1. The molecule has 38 heavy (non-hydrogen) atoms. The average Bonchev–Trinajstić information content (AvgIpc) is 3.28. The minimum atomic E-state index is -0.841. The van der Waals surface area contributed by atoms with Crippen LogP contribution in [0.2, 0.25) is 0 Å². The summed E-state index contributed by atoms with van der Waals surface area (Å²) in [5, 5.41) is 12.1. The summed E-state index contributed by atoms with van der Waals surface area (Å²) in [6.45, 7) is 4.01. The number of hydrogen-bond donors (Lipinski definition) is 2. The van der Waals surface area contributed by atoms with Gasteiger partial charge in [-0.1, -0.05) is 73.7 Å². The molecule has 4 aromatic rings. The van der Waals surface area contributed by atoms with E-state index in [-0.39, 0.29) is 6.10 Å². The van der Waals surface area contributed by atoms with Crippen LogP contribution in [0, 0.1) is 0 Å². The van der Waals surface area contributed by atoms with E-state index in [4.69, 9.17) is 9.47 Å². The number of anilines is 1. The summed E-state index contributed by atoms with van der Waals surface area (Å²) in [6, 6.07) is 24.5. The van der Waals surface area contributed by atoms with E-state index < -0.39 is 18.0 Å². The highest BCUT2D eigenvalue weighted by atomic mass is 16.6. The molecule has 0 saturated heterocycles. The number of benzene rings is 3. The van der Waals surface area contributed by atoms with Crippen LogP contribution in [0.5, 0.6) is 5.75 Å². The van der Waals surface area contributed by atoms with E-state index in [0.717, 1.165) is 22.3 Å². The Morgan fingerprint density at radius 1 is 1.00 bits per heavy atom. The molecule has 0 aliphatic heterocycles. The van der Waals surface area contributed by atoms with Gasteiger partial charge >= 0.3 is 12.1 Å². The Labute approximate surface area is 221 Å². The van der Waals surface area contributed by atoms with Crippen LogP contribution in [-0.4, -0.2) is 26.7 Å². The van der Waals surface area contributed by atoms with Gasteiger partial charge in [-0.2, -0.15) is 0 Å². The summed E-state index contributed by atoms with van der Waals surface area (Å²) in [7, 11) is 1.86. The monoisotopic (exact) mass is 513 g/mol. The normalized spacial score (nSPS) is 12.4. The van der Waals surface area contributed by atoms with Crippen LogP contribution in [0.15, 0.2) is 85.1 Å². The number of amides is 1. The Bertz CT molecular complexity index is 1380. The molecule has 0 spiro atoms. The first-order chi connectivity index (χ1) is 18.3. The van der Waals surface area contributed by atoms with Crippen LogP contribution in [0.4, 0.5) is 10.6 Å². The van der Waals surface area contributed by atoms with E-state index in [2.05, 4.69) is 10.3 Å². The van der Waals surface area contributed by atoms with Crippen molar-refractivity contribution >= 4 is 17.9 Å². The first kappa shape index (κ1) is 26.5. The molecule has 8 heteroatoms. The van der Waals surface area contributed by atoms with Crippen molar-refractivity contribution < 1.29 is 24.2 Å². The molecule has 2 atom stereocenters. The van der Waals surface area contributed by atoms with Crippen LogP contribution in [0.3, 0.4) is 0 Å². The standard InChI is InChI=1S/C30H31N3O5/c1-4-26(29(34)35)24-11-8-12-25(17-24)37-19-21-13-15-23(16-14-21)28-31-27(18-33(28)3)32-30(36)38-20(2)22-9-6-5-7-10-22/h5-18,20,26H,4,19H2,1-3H3,(H,32,36)(H,34,35). The lowest BCUT2D eigenvalue weighted by atomic mass is 9.96. The fourth-order valence-corrected chi connectivity index (χ4v) is 4.17. The summed E-state index contributed by atoms with van der Waals surface area (Å²) in [4.78, 5) is 28.4. The molecular weight excluding hydrogens is 482 g/mol. The van der Waals surface area contributed by atoms with Gasteiger partial charge in [0.15, 0.2) is 5.82 Å². The molecule has 8 nitrogen and oxygen atoms in total. The van der Waals surface area contributed by atoms with Crippen molar-refractivity contribution in [3.8, 4) is 17.1 Å². The number of nitrogens with zero attached hydrogens (tertiary/aromatic N) is 2. The smallest absolute Gasteiger partial charge is 0.413 e. The Morgan fingerprint density at radius 2 is 1.71 bits per heavy atom. The second-order valence-corrected chi connectivity index (χ2v) is 9.00. The quantitative estimate of drug-likeness (QED) is 0.249. The highest BCUT2D eigenvalue weighted by Crippen LogP contribution is 2.26. The number of carbonyl (C=O) groups excluding carboxylic acids is 1. The largest absolute Gasteiger partial charge is 0.489 e. The zero-order valence-corrected chi connectivity index (χ0v) is 21.6. The number of hydrogen-bond acceptors (Lipinski definition) is 5. The Hall–Kier alpha value is -4.59. The predicted octanol–water partition coefficient (Wildman–Crippen LogP) is 6.55. The first-order valence-corrected chi connectivity index (χ1v) is 12.4. The molecule has 4 rings (SSSR count). The lowest BCUT2D eigenvalue weighted by molar-refractivity contribution is -0.138. The molecule has 1 heterocycles. The van der Waals surface area contributed by atoms with Crippen molar-refractivity contribution in [3.63, 3.8) is 0 Å². The van der Waals surface area contributed by atoms with Gasteiger partial charge < -0.3 is 19.1 Å². The molecule has 2 unspecified atom stereocenters.